The van der Waals surface area contributed by atoms with E-state index < -0.39 is 18.0 Å². The summed E-state index contributed by atoms with van der Waals surface area (Å²) in [6.45, 7) is 5.95. The van der Waals surface area contributed by atoms with Crippen molar-refractivity contribution in [1.29, 1.82) is 0 Å². The van der Waals surface area contributed by atoms with Crippen molar-refractivity contribution in [2.24, 2.45) is 10.9 Å². The predicted molar refractivity (Wildman–Crippen MR) is 110 cm³/mol. The number of thioether (sulfide) groups is 1. The van der Waals surface area contributed by atoms with Crippen LogP contribution in [0.4, 0.5) is 0 Å². The summed E-state index contributed by atoms with van der Waals surface area (Å²) in [6, 6.07) is 6.07. The number of amides is 1. The molecule has 7 nitrogen and oxygen atoms in total. The summed E-state index contributed by atoms with van der Waals surface area (Å²) in [7, 11) is 1.32. The van der Waals surface area contributed by atoms with Crippen molar-refractivity contribution in [3.05, 3.63) is 46.7 Å². The number of hydrogen-bond acceptors (Lipinski definition) is 7. The highest BCUT2D eigenvalue weighted by molar-refractivity contribution is 8.14. The second kappa shape index (κ2) is 8.82. The van der Waals surface area contributed by atoms with Gasteiger partial charge in [-0.1, -0.05) is 37.7 Å². The molecule has 1 atom stereocenters. The molecule has 0 aliphatic carbocycles. The van der Waals surface area contributed by atoms with Gasteiger partial charge in [-0.3, -0.25) is 9.69 Å². The Morgan fingerprint density at radius 1 is 1.24 bits per heavy atom. The monoisotopic (exact) mass is 416 g/mol. The number of ether oxygens (including phenoxy) is 2. The Balaban J connectivity index is 2.05. The fourth-order valence-electron chi connectivity index (χ4n) is 3.21. The molecular formula is C21H24N2O5S. The molecule has 2 aliphatic heterocycles. The summed E-state index contributed by atoms with van der Waals surface area (Å²) in [4.78, 5) is 43.5. The summed E-state index contributed by atoms with van der Waals surface area (Å²) in [6.07, 6.45) is 0.369. The van der Waals surface area contributed by atoms with Crippen LogP contribution in [0.25, 0.3) is 0 Å². The quantitative estimate of drug-likeness (QED) is 0.685. The van der Waals surface area contributed by atoms with Crippen molar-refractivity contribution >= 4 is 34.8 Å². The molecule has 0 aromatic heterocycles. The Bertz CT molecular complexity index is 889. The van der Waals surface area contributed by atoms with Crippen molar-refractivity contribution < 1.29 is 23.9 Å². The minimum absolute atomic E-state index is 0.0915. The smallest absolute Gasteiger partial charge is 0.338 e. The number of esters is 2. The summed E-state index contributed by atoms with van der Waals surface area (Å²) < 4.78 is 10.2. The van der Waals surface area contributed by atoms with E-state index in [0.717, 1.165) is 0 Å². The standard InChI is InChI=1S/C21H24N2O5S/c1-12(2)11-28-20(26)17-13(3)22-21-23(16(24)9-10-29-21)18(17)14-5-7-15(8-6-14)19(25)27-4/h5-8,12,18H,9-11H2,1-4H3/t18-/m1/s1. The zero-order chi connectivity index (χ0) is 21.1. The molecule has 0 radical (unpaired) electrons. The molecule has 2 aliphatic rings. The molecule has 0 spiro atoms. The Morgan fingerprint density at radius 2 is 1.93 bits per heavy atom. The summed E-state index contributed by atoms with van der Waals surface area (Å²) >= 11 is 1.49. The molecule has 0 N–H and O–H groups in total. The lowest BCUT2D eigenvalue weighted by Gasteiger charge is -2.39. The number of allylic oxidation sites excluding steroid dienone is 1. The van der Waals surface area contributed by atoms with Gasteiger partial charge in [0.25, 0.3) is 0 Å². The van der Waals surface area contributed by atoms with Crippen LogP contribution in [0, 0.1) is 5.92 Å². The van der Waals surface area contributed by atoms with Crippen LogP contribution in [0.5, 0.6) is 0 Å². The van der Waals surface area contributed by atoms with Gasteiger partial charge < -0.3 is 9.47 Å². The van der Waals surface area contributed by atoms with Gasteiger partial charge in [-0.2, -0.15) is 0 Å². The van der Waals surface area contributed by atoms with Crippen LogP contribution < -0.4 is 0 Å². The topological polar surface area (TPSA) is 85.3 Å². The number of methoxy groups -OCH3 is 1. The van der Waals surface area contributed by atoms with Gasteiger partial charge in [0.2, 0.25) is 5.91 Å². The van der Waals surface area contributed by atoms with Crippen LogP contribution >= 0.6 is 11.8 Å². The molecule has 3 rings (SSSR count). The summed E-state index contributed by atoms with van der Waals surface area (Å²) in [5, 5.41) is 0.584. The van der Waals surface area contributed by atoms with Crippen LogP contribution in [0.15, 0.2) is 40.5 Å². The molecule has 0 unspecified atom stereocenters. The van der Waals surface area contributed by atoms with Crippen molar-refractivity contribution in [1.82, 2.24) is 4.90 Å². The fourth-order valence-corrected chi connectivity index (χ4v) is 4.22. The highest BCUT2D eigenvalue weighted by Gasteiger charge is 2.41. The van der Waals surface area contributed by atoms with Crippen molar-refractivity contribution in [3.63, 3.8) is 0 Å². The van der Waals surface area contributed by atoms with Gasteiger partial charge >= 0.3 is 11.9 Å². The third-order valence-corrected chi connectivity index (χ3v) is 5.58. The SMILES string of the molecule is COC(=O)c1ccc([C@@H]2C(C(=O)OCC(C)C)=C(C)N=C3SCCC(=O)N32)cc1. The molecule has 1 aromatic rings. The first-order chi connectivity index (χ1) is 13.8. The maximum atomic E-state index is 12.9. The predicted octanol–water partition coefficient (Wildman–Crippen LogP) is 3.32. The van der Waals surface area contributed by atoms with Gasteiger partial charge in [0.15, 0.2) is 5.17 Å². The average Bonchev–Trinajstić information content (AvgIpc) is 2.70. The maximum absolute atomic E-state index is 12.9. The molecule has 0 saturated carbocycles. The lowest BCUT2D eigenvalue weighted by atomic mass is 9.93. The van der Waals surface area contributed by atoms with Crippen LogP contribution in [0.2, 0.25) is 0 Å². The Kier molecular flexibility index (Phi) is 6.42. The van der Waals surface area contributed by atoms with E-state index in [9.17, 15) is 14.4 Å². The Hall–Kier alpha value is -2.61. The fraction of sp³-hybridized carbons (Fsp3) is 0.429. The molecule has 29 heavy (non-hydrogen) atoms. The van der Waals surface area contributed by atoms with E-state index in [1.807, 2.05) is 13.8 Å². The number of hydrogen-bond donors (Lipinski definition) is 0. The van der Waals surface area contributed by atoms with Crippen molar-refractivity contribution in [2.75, 3.05) is 19.5 Å². The number of carbonyl (C=O) groups excluding carboxylic acids is 3. The highest BCUT2D eigenvalue weighted by atomic mass is 32.2. The second-order valence-electron chi connectivity index (χ2n) is 7.26. The first kappa shape index (κ1) is 21.1. The van der Waals surface area contributed by atoms with Gasteiger partial charge in [0, 0.05) is 12.2 Å². The van der Waals surface area contributed by atoms with Gasteiger partial charge in [0.05, 0.1) is 36.6 Å². The Labute approximate surface area is 174 Å². The lowest BCUT2D eigenvalue weighted by molar-refractivity contribution is -0.141. The van der Waals surface area contributed by atoms with Crippen molar-refractivity contribution in [2.45, 2.75) is 33.2 Å². The third-order valence-electron chi connectivity index (χ3n) is 4.62. The largest absolute Gasteiger partial charge is 0.465 e. The number of rotatable bonds is 5. The number of carbonyl (C=O) groups is 3. The maximum Gasteiger partial charge on any atom is 0.338 e. The number of benzene rings is 1. The van der Waals surface area contributed by atoms with Gasteiger partial charge in [0.1, 0.15) is 0 Å². The molecular weight excluding hydrogens is 392 g/mol. The summed E-state index contributed by atoms with van der Waals surface area (Å²) in [5.74, 6) is -0.179. The molecule has 1 aromatic carbocycles. The van der Waals surface area contributed by atoms with Gasteiger partial charge in [-0.25, -0.2) is 14.6 Å². The number of nitrogens with zero attached hydrogens (tertiary/aromatic N) is 2. The van der Waals surface area contributed by atoms with Crippen LogP contribution in [-0.4, -0.2) is 47.4 Å². The van der Waals surface area contributed by atoms with Gasteiger partial charge in [-0.15, -0.1) is 0 Å². The number of amidine groups is 1. The first-order valence-corrected chi connectivity index (χ1v) is 10.4. The highest BCUT2D eigenvalue weighted by Crippen LogP contribution is 2.40. The molecule has 1 saturated heterocycles. The zero-order valence-electron chi connectivity index (χ0n) is 16.9. The van der Waals surface area contributed by atoms with E-state index in [2.05, 4.69) is 4.99 Å². The second-order valence-corrected chi connectivity index (χ2v) is 8.33. The summed E-state index contributed by atoms with van der Waals surface area (Å²) in [5.41, 5.74) is 1.98. The molecule has 8 heteroatoms. The van der Waals surface area contributed by atoms with E-state index in [4.69, 9.17) is 9.47 Å². The van der Waals surface area contributed by atoms with E-state index in [0.29, 0.717) is 39.7 Å². The van der Waals surface area contributed by atoms with E-state index in [-0.39, 0.29) is 18.4 Å². The molecule has 1 fully saturated rings. The first-order valence-electron chi connectivity index (χ1n) is 9.43. The molecule has 2 heterocycles. The van der Waals surface area contributed by atoms with Crippen LogP contribution in [0.3, 0.4) is 0 Å². The lowest BCUT2D eigenvalue weighted by Crippen LogP contribution is -2.45. The minimum atomic E-state index is -0.644. The minimum Gasteiger partial charge on any atom is -0.465 e. The van der Waals surface area contributed by atoms with E-state index >= 15 is 0 Å². The number of fused-ring (bicyclic) bond motifs is 1. The van der Waals surface area contributed by atoms with E-state index in [1.54, 1.807) is 36.1 Å². The van der Waals surface area contributed by atoms with Crippen LogP contribution in [0.1, 0.15) is 49.2 Å². The zero-order valence-corrected chi connectivity index (χ0v) is 17.7. The van der Waals surface area contributed by atoms with Crippen molar-refractivity contribution in [3.8, 4) is 0 Å². The third kappa shape index (κ3) is 4.37. The Morgan fingerprint density at radius 3 is 2.55 bits per heavy atom. The molecule has 0 bridgehead atoms. The molecule has 154 valence electrons. The average molecular weight is 416 g/mol. The molecule has 1 amide bonds. The van der Waals surface area contributed by atoms with Gasteiger partial charge in [-0.05, 0) is 30.5 Å². The van der Waals surface area contributed by atoms with Crippen LogP contribution in [-0.2, 0) is 19.1 Å². The normalized spacial score (nSPS) is 19.1. The number of aliphatic imine (C=N–C) groups is 1. The van der Waals surface area contributed by atoms with E-state index in [1.165, 1.54) is 18.9 Å².